The van der Waals surface area contributed by atoms with Crippen LogP contribution in [0.15, 0.2) is 28.8 Å². The molecule has 0 aliphatic carbocycles. The number of nitrogens with two attached hydrogens (primary N) is 1. The third-order valence-electron chi connectivity index (χ3n) is 2.73. The van der Waals surface area contributed by atoms with Crippen molar-refractivity contribution >= 4 is 0 Å². The highest BCUT2D eigenvalue weighted by molar-refractivity contribution is 5.33. The van der Waals surface area contributed by atoms with Gasteiger partial charge in [-0.05, 0) is 13.1 Å². The van der Waals surface area contributed by atoms with Crippen LogP contribution in [0.3, 0.4) is 0 Å². The number of hydrogen-bond acceptors (Lipinski definition) is 6. The molecule has 0 amide bonds. The van der Waals surface area contributed by atoms with E-state index in [2.05, 4.69) is 14.9 Å². The summed E-state index contributed by atoms with van der Waals surface area (Å²) in [5, 5.41) is 3.73. The lowest BCUT2D eigenvalue weighted by Crippen LogP contribution is -2.21. The van der Waals surface area contributed by atoms with Crippen molar-refractivity contribution in [1.82, 2.24) is 15.0 Å². The Hall–Kier alpha value is -2.13. The van der Waals surface area contributed by atoms with Crippen LogP contribution < -0.4 is 10.5 Å². The fourth-order valence-electron chi connectivity index (χ4n) is 1.88. The van der Waals surface area contributed by atoms with E-state index in [4.69, 9.17) is 10.3 Å². The van der Waals surface area contributed by atoms with E-state index in [1.165, 1.54) is 12.1 Å². The quantitative estimate of drug-likeness (QED) is 0.879. The maximum atomic E-state index is 12.4. The van der Waals surface area contributed by atoms with Gasteiger partial charge in [-0.3, -0.25) is 4.90 Å². The fraction of sp³-hybridized carbons (Fsp3) is 0.385. The summed E-state index contributed by atoms with van der Waals surface area (Å²) in [6.07, 6.45) is -4.72. The highest BCUT2D eigenvalue weighted by atomic mass is 19.4. The van der Waals surface area contributed by atoms with Crippen LogP contribution in [0.25, 0.3) is 0 Å². The number of rotatable bonds is 6. The molecule has 0 radical (unpaired) electrons. The maximum Gasteiger partial charge on any atom is 0.573 e. The summed E-state index contributed by atoms with van der Waals surface area (Å²) in [4.78, 5) is 5.78. The van der Waals surface area contributed by atoms with Gasteiger partial charge in [0.2, 0.25) is 5.89 Å². The maximum absolute atomic E-state index is 12.4. The first-order valence-electron chi connectivity index (χ1n) is 6.41. The van der Waals surface area contributed by atoms with E-state index in [1.54, 1.807) is 24.1 Å². The van der Waals surface area contributed by atoms with Gasteiger partial charge in [-0.15, -0.1) is 13.2 Å². The number of hydrogen-bond donors (Lipinski definition) is 1. The van der Waals surface area contributed by atoms with Gasteiger partial charge in [0.25, 0.3) is 0 Å². The third kappa shape index (κ3) is 4.71. The second-order valence-electron chi connectivity index (χ2n) is 4.64. The first kappa shape index (κ1) is 16.2. The molecule has 0 atom stereocenters. The zero-order chi connectivity index (χ0) is 16.2. The number of halogens is 3. The van der Waals surface area contributed by atoms with Gasteiger partial charge < -0.3 is 15.0 Å². The van der Waals surface area contributed by atoms with E-state index in [-0.39, 0.29) is 18.8 Å². The minimum absolute atomic E-state index is 0.138. The molecule has 120 valence electrons. The molecule has 1 aromatic heterocycles. The Labute approximate surface area is 124 Å². The Morgan fingerprint density at radius 3 is 2.64 bits per heavy atom. The summed E-state index contributed by atoms with van der Waals surface area (Å²) in [6, 6.07) is 5.97. The molecule has 0 saturated heterocycles. The van der Waals surface area contributed by atoms with E-state index in [9.17, 15) is 13.2 Å². The Morgan fingerprint density at radius 1 is 1.27 bits per heavy atom. The van der Waals surface area contributed by atoms with Gasteiger partial charge in [0.1, 0.15) is 5.75 Å². The monoisotopic (exact) mass is 316 g/mol. The van der Waals surface area contributed by atoms with E-state index in [0.717, 1.165) is 0 Å². The molecule has 2 aromatic rings. The fourth-order valence-corrected chi connectivity index (χ4v) is 1.88. The van der Waals surface area contributed by atoms with Crippen molar-refractivity contribution in [3.63, 3.8) is 0 Å². The summed E-state index contributed by atoms with van der Waals surface area (Å²) in [7, 11) is 1.73. The van der Waals surface area contributed by atoms with E-state index < -0.39 is 6.36 Å². The van der Waals surface area contributed by atoms with Gasteiger partial charge in [0.05, 0.1) is 13.1 Å². The van der Waals surface area contributed by atoms with Crippen LogP contribution in [0.1, 0.15) is 17.3 Å². The topological polar surface area (TPSA) is 77.4 Å². The number of benzene rings is 1. The van der Waals surface area contributed by atoms with Crippen molar-refractivity contribution in [3.8, 4) is 5.75 Å². The van der Waals surface area contributed by atoms with Crippen LogP contribution in [-0.2, 0) is 19.6 Å². The molecule has 1 aromatic carbocycles. The lowest BCUT2D eigenvalue weighted by molar-refractivity contribution is -0.275. The van der Waals surface area contributed by atoms with Crippen LogP contribution in [0.2, 0.25) is 0 Å². The molecule has 1 heterocycles. The second kappa shape index (κ2) is 6.75. The average Bonchev–Trinajstić information content (AvgIpc) is 2.87. The zero-order valence-corrected chi connectivity index (χ0v) is 11.8. The molecule has 0 fully saturated rings. The van der Waals surface area contributed by atoms with Crippen LogP contribution in [-0.4, -0.2) is 28.5 Å². The number of aromatic nitrogens is 2. The minimum Gasteiger partial charge on any atom is -0.405 e. The van der Waals surface area contributed by atoms with Crippen LogP contribution in [0.5, 0.6) is 5.75 Å². The highest BCUT2D eigenvalue weighted by Crippen LogP contribution is 2.27. The molecule has 0 aliphatic rings. The van der Waals surface area contributed by atoms with Crippen molar-refractivity contribution in [1.29, 1.82) is 0 Å². The smallest absolute Gasteiger partial charge is 0.405 e. The second-order valence-corrected chi connectivity index (χ2v) is 4.64. The molecule has 6 nitrogen and oxygen atoms in total. The molecule has 2 rings (SSSR count). The Bertz CT molecular complexity index is 615. The molecule has 0 unspecified atom stereocenters. The lowest BCUT2D eigenvalue weighted by Gasteiger charge is -2.18. The van der Waals surface area contributed by atoms with Crippen molar-refractivity contribution in [2.24, 2.45) is 5.73 Å². The van der Waals surface area contributed by atoms with Gasteiger partial charge in [0, 0.05) is 12.1 Å². The standard InChI is InChI=1S/C13H15F3N4O2/c1-20(8-11-18-12(6-17)22-19-11)7-9-4-2-3-5-10(9)21-13(14,15)16/h2-5H,6-8,17H2,1H3. The van der Waals surface area contributed by atoms with Crippen molar-refractivity contribution in [2.75, 3.05) is 7.05 Å². The zero-order valence-electron chi connectivity index (χ0n) is 11.8. The van der Waals surface area contributed by atoms with Crippen LogP contribution >= 0.6 is 0 Å². The lowest BCUT2D eigenvalue weighted by atomic mass is 10.2. The predicted octanol–water partition coefficient (Wildman–Crippen LogP) is 2.06. The summed E-state index contributed by atoms with van der Waals surface area (Å²) in [5.41, 5.74) is 5.77. The first-order chi connectivity index (χ1) is 10.4. The first-order valence-corrected chi connectivity index (χ1v) is 6.41. The van der Waals surface area contributed by atoms with Gasteiger partial charge >= 0.3 is 6.36 Å². The molecular formula is C13H15F3N4O2. The normalized spacial score (nSPS) is 11.9. The molecule has 0 aliphatic heterocycles. The number of para-hydroxylation sites is 1. The third-order valence-corrected chi connectivity index (χ3v) is 2.73. The van der Waals surface area contributed by atoms with E-state index in [1.807, 2.05) is 0 Å². The van der Waals surface area contributed by atoms with Gasteiger partial charge in [-0.25, -0.2) is 0 Å². The van der Waals surface area contributed by atoms with Gasteiger partial charge in [-0.2, -0.15) is 4.98 Å². The molecule has 0 saturated carbocycles. The Morgan fingerprint density at radius 2 is 2.00 bits per heavy atom. The highest BCUT2D eigenvalue weighted by Gasteiger charge is 2.32. The van der Waals surface area contributed by atoms with Crippen molar-refractivity contribution in [2.45, 2.75) is 26.0 Å². The number of alkyl halides is 3. The van der Waals surface area contributed by atoms with Gasteiger partial charge in [-0.1, -0.05) is 23.4 Å². The Kier molecular flexibility index (Phi) is 4.99. The minimum atomic E-state index is -4.72. The average molecular weight is 316 g/mol. The van der Waals surface area contributed by atoms with E-state index in [0.29, 0.717) is 23.8 Å². The number of nitrogens with zero attached hydrogens (tertiary/aromatic N) is 3. The largest absolute Gasteiger partial charge is 0.573 e. The SMILES string of the molecule is CN(Cc1noc(CN)n1)Cc1ccccc1OC(F)(F)F. The van der Waals surface area contributed by atoms with E-state index >= 15 is 0 Å². The molecule has 2 N–H and O–H groups in total. The molecule has 9 heteroatoms. The molecule has 0 bridgehead atoms. The summed E-state index contributed by atoms with van der Waals surface area (Å²) in [6.45, 7) is 0.682. The summed E-state index contributed by atoms with van der Waals surface area (Å²) in [5.74, 6) is 0.499. The summed E-state index contributed by atoms with van der Waals surface area (Å²) >= 11 is 0. The van der Waals surface area contributed by atoms with Crippen molar-refractivity contribution < 1.29 is 22.4 Å². The summed E-state index contributed by atoms with van der Waals surface area (Å²) < 4.78 is 46.0. The van der Waals surface area contributed by atoms with Crippen molar-refractivity contribution in [3.05, 3.63) is 41.5 Å². The predicted molar refractivity (Wildman–Crippen MR) is 70.5 cm³/mol. The number of ether oxygens (including phenoxy) is 1. The van der Waals surface area contributed by atoms with Crippen LogP contribution in [0, 0.1) is 0 Å². The molecular weight excluding hydrogens is 301 g/mol. The Balaban J connectivity index is 2.03. The van der Waals surface area contributed by atoms with Crippen LogP contribution in [0.4, 0.5) is 13.2 Å². The molecule has 22 heavy (non-hydrogen) atoms. The van der Waals surface area contributed by atoms with Gasteiger partial charge in [0.15, 0.2) is 5.82 Å². The molecule has 0 spiro atoms.